The van der Waals surface area contributed by atoms with Crippen LogP contribution in [0.25, 0.3) is 11.1 Å². The summed E-state index contributed by atoms with van der Waals surface area (Å²) in [5.74, 6) is 0. The molecule has 0 N–H and O–H groups in total. The zero-order valence-corrected chi connectivity index (χ0v) is 30.5. The number of benzene rings is 6. The van der Waals surface area contributed by atoms with Gasteiger partial charge in [0, 0.05) is 47.3 Å². The molecule has 0 unspecified atom stereocenters. The van der Waals surface area contributed by atoms with Crippen molar-refractivity contribution in [3.8, 4) is 11.1 Å². The van der Waals surface area contributed by atoms with Crippen LogP contribution in [0.2, 0.25) is 6.55 Å². The monoisotopic (exact) mass is 662 g/mol. The molecule has 6 aromatic rings. The predicted octanol–water partition coefficient (Wildman–Crippen LogP) is 11.6. The van der Waals surface area contributed by atoms with Gasteiger partial charge in [0.15, 0.2) is 0 Å². The molecule has 0 aliphatic rings. The molecule has 5 heteroatoms. The zero-order valence-electron chi connectivity index (χ0n) is 29.5. The molecular weight excluding hydrogens is 617 g/mol. The SMILES string of the molecule is CCO[Si](C)(OCC)c1ccc(N(c2ccc(C)cc2)c2ccc(-c3ccc(N(c4ccc(C)cc4)c4ccc(C)cc4)cc3)cc2)cc1. The van der Waals surface area contributed by atoms with E-state index in [-0.39, 0.29) is 0 Å². The van der Waals surface area contributed by atoms with Crippen molar-refractivity contribution in [1.82, 2.24) is 0 Å². The summed E-state index contributed by atoms with van der Waals surface area (Å²) in [5.41, 5.74) is 12.8. The second-order valence-electron chi connectivity index (χ2n) is 12.6. The van der Waals surface area contributed by atoms with Crippen LogP contribution in [0.5, 0.6) is 0 Å². The molecule has 0 heterocycles. The molecule has 6 rings (SSSR count). The Labute approximate surface area is 293 Å². The van der Waals surface area contributed by atoms with E-state index in [1.54, 1.807) is 0 Å². The van der Waals surface area contributed by atoms with Crippen LogP contribution < -0.4 is 15.0 Å². The van der Waals surface area contributed by atoms with E-state index < -0.39 is 8.56 Å². The van der Waals surface area contributed by atoms with Crippen molar-refractivity contribution in [3.05, 3.63) is 162 Å². The maximum Gasteiger partial charge on any atom is 0.369 e. The molecule has 49 heavy (non-hydrogen) atoms. The van der Waals surface area contributed by atoms with Crippen LogP contribution in [-0.2, 0) is 8.85 Å². The van der Waals surface area contributed by atoms with E-state index in [9.17, 15) is 0 Å². The number of anilines is 6. The molecule has 0 fully saturated rings. The summed E-state index contributed by atoms with van der Waals surface area (Å²) in [7, 11) is -2.47. The number of aryl methyl sites for hydroxylation is 3. The number of nitrogens with zero attached hydrogens (tertiary/aromatic N) is 2. The van der Waals surface area contributed by atoms with Crippen LogP contribution in [-0.4, -0.2) is 21.8 Å². The first-order valence-corrected chi connectivity index (χ1v) is 19.5. The minimum absolute atomic E-state index is 0.632. The second kappa shape index (κ2) is 15.1. The van der Waals surface area contributed by atoms with Crippen LogP contribution in [0.3, 0.4) is 0 Å². The first-order chi connectivity index (χ1) is 23.8. The molecule has 0 radical (unpaired) electrons. The summed E-state index contributed by atoms with van der Waals surface area (Å²) in [5, 5.41) is 1.13. The van der Waals surface area contributed by atoms with Gasteiger partial charge in [-0.05, 0) is 130 Å². The van der Waals surface area contributed by atoms with Gasteiger partial charge in [0.25, 0.3) is 0 Å². The lowest BCUT2D eigenvalue weighted by atomic mass is 10.0. The maximum atomic E-state index is 6.17. The molecule has 0 atom stereocenters. The molecular formula is C44H46N2O2Si. The van der Waals surface area contributed by atoms with Gasteiger partial charge in [-0.2, -0.15) is 0 Å². The Balaban J connectivity index is 1.30. The highest BCUT2D eigenvalue weighted by Crippen LogP contribution is 2.38. The third-order valence-corrected chi connectivity index (χ3v) is 12.0. The van der Waals surface area contributed by atoms with Crippen LogP contribution in [0, 0.1) is 20.8 Å². The Morgan fingerprint density at radius 1 is 0.388 bits per heavy atom. The van der Waals surface area contributed by atoms with Crippen LogP contribution in [0.15, 0.2) is 146 Å². The quantitative estimate of drug-likeness (QED) is 0.122. The lowest BCUT2D eigenvalue weighted by Crippen LogP contribution is -2.51. The molecule has 6 aromatic carbocycles. The summed E-state index contributed by atoms with van der Waals surface area (Å²) >= 11 is 0. The average Bonchev–Trinajstić information content (AvgIpc) is 3.12. The number of hydrogen-bond acceptors (Lipinski definition) is 4. The zero-order chi connectivity index (χ0) is 34.4. The fraction of sp³-hybridized carbons (Fsp3) is 0.182. The van der Waals surface area contributed by atoms with E-state index in [4.69, 9.17) is 8.85 Å². The highest BCUT2D eigenvalue weighted by atomic mass is 28.4. The maximum absolute atomic E-state index is 6.17. The van der Waals surface area contributed by atoms with Crippen LogP contribution in [0.4, 0.5) is 34.1 Å². The second-order valence-corrected chi connectivity index (χ2v) is 15.7. The molecule has 248 valence electrons. The van der Waals surface area contributed by atoms with Crippen molar-refractivity contribution in [2.75, 3.05) is 23.0 Å². The van der Waals surface area contributed by atoms with Gasteiger partial charge in [-0.15, -0.1) is 0 Å². The van der Waals surface area contributed by atoms with E-state index in [1.165, 1.54) is 27.8 Å². The van der Waals surface area contributed by atoms with Gasteiger partial charge in [0.1, 0.15) is 0 Å². The molecule has 0 aliphatic carbocycles. The lowest BCUT2D eigenvalue weighted by molar-refractivity contribution is 0.202. The van der Waals surface area contributed by atoms with Gasteiger partial charge in [0.05, 0.1) is 0 Å². The van der Waals surface area contributed by atoms with Gasteiger partial charge in [-0.1, -0.05) is 89.5 Å². The standard InChI is InChI=1S/C44H46N2O2Si/c1-7-47-49(6,48-8-2)44-31-29-43(30-32-44)46(40-23-13-35(5)14-24-40)42-27-17-37(18-28-42)36-15-25-41(26-16-36)45(38-19-9-33(3)10-20-38)39-21-11-34(4)12-22-39/h9-32H,7-8H2,1-6H3. The van der Waals surface area contributed by atoms with E-state index in [0.717, 1.165) is 39.3 Å². The minimum Gasteiger partial charge on any atom is -0.391 e. The van der Waals surface area contributed by atoms with Crippen LogP contribution in [0.1, 0.15) is 30.5 Å². The Morgan fingerprint density at radius 2 is 0.633 bits per heavy atom. The lowest BCUT2D eigenvalue weighted by Gasteiger charge is -2.29. The molecule has 0 aliphatic heterocycles. The van der Waals surface area contributed by atoms with Gasteiger partial charge in [-0.3, -0.25) is 0 Å². The molecule has 0 spiro atoms. The van der Waals surface area contributed by atoms with Gasteiger partial charge < -0.3 is 18.7 Å². The Kier molecular flexibility index (Phi) is 10.4. The molecule has 0 amide bonds. The van der Waals surface area contributed by atoms with Crippen molar-refractivity contribution in [3.63, 3.8) is 0 Å². The molecule has 0 aromatic heterocycles. The summed E-state index contributed by atoms with van der Waals surface area (Å²) < 4.78 is 12.3. The molecule has 0 saturated carbocycles. The van der Waals surface area contributed by atoms with Gasteiger partial charge >= 0.3 is 8.56 Å². The first kappa shape index (κ1) is 33.9. The van der Waals surface area contributed by atoms with Gasteiger partial charge in [0.2, 0.25) is 0 Å². The van der Waals surface area contributed by atoms with E-state index in [0.29, 0.717) is 13.2 Å². The average molecular weight is 663 g/mol. The minimum atomic E-state index is -2.47. The highest BCUT2D eigenvalue weighted by Gasteiger charge is 2.33. The fourth-order valence-electron chi connectivity index (χ4n) is 6.25. The van der Waals surface area contributed by atoms with Gasteiger partial charge in [-0.25, -0.2) is 0 Å². The van der Waals surface area contributed by atoms with E-state index in [1.807, 2.05) is 13.8 Å². The van der Waals surface area contributed by atoms with E-state index >= 15 is 0 Å². The topological polar surface area (TPSA) is 24.9 Å². The smallest absolute Gasteiger partial charge is 0.369 e. The number of hydrogen-bond donors (Lipinski definition) is 0. The summed E-state index contributed by atoms with van der Waals surface area (Å²) in [4.78, 5) is 4.61. The Morgan fingerprint density at radius 3 is 0.898 bits per heavy atom. The Bertz CT molecular complexity index is 1890. The molecule has 4 nitrogen and oxygen atoms in total. The normalized spacial score (nSPS) is 11.4. The molecule has 0 saturated heterocycles. The van der Waals surface area contributed by atoms with Crippen molar-refractivity contribution in [1.29, 1.82) is 0 Å². The summed E-state index contributed by atoms with van der Waals surface area (Å²) in [6.45, 7) is 13.8. The van der Waals surface area contributed by atoms with Crippen molar-refractivity contribution in [2.45, 2.75) is 41.2 Å². The van der Waals surface area contributed by atoms with Crippen molar-refractivity contribution < 1.29 is 8.85 Å². The van der Waals surface area contributed by atoms with Crippen molar-refractivity contribution in [2.24, 2.45) is 0 Å². The fourth-order valence-corrected chi connectivity index (χ4v) is 8.54. The third-order valence-electron chi connectivity index (χ3n) is 8.95. The Hall–Kier alpha value is -4.94. The third kappa shape index (κ3) is 7.70. The van der Waals surface area contributed by atoms with E-state index in [2.05, 4.69) is 183 Å². The predicted molar refractivity (Wildman–Crippen MR) is 210 cm³/mol. The number of rotatable bonds is 12. The highest BCUT2D eigenvalue weighted by molar-refractivity contribution is 6.80. The summed E-state index contributed by atoms with van der Waals surface area (Å²) in [6.07, 6.45) is 0. The van der Waals surface area contributed by atoms with Crippen molar-refractivity contribution >= 4 is 47.9 Å². The summed E-state index contributed by atoms with van der Waals surface area (Å²) in [6, 6.07) is 52.5. The first-order valence-electron chi connectivity index (χ1n) is 17.2. The van der Waals surface area contributed by atoms with Crippen LogP contribution >= 0.6 is 0 Å². The molecule has 0 bridgehead atoms. The largest absolute Gasteiger partial charge is 0.391 e.